The fourth-order valence-electron chi connectivity index (χ4n) is 1.47. The molecule has 11 heteroatoms. The number of phenolic OH excluding ortho intramolecular Hbond substituents is 2. The SMILES string of the molecule is O=C(Cn1cnc([NH+](O)O)n1)NN=Cc1ccc(O)cc1O. The van der Waals surface area contributed by atoms with Gasteiger partial charge in [0, 0.05) is 16.9 Å². The Morgan fingerprint density at radius 1 is 1.41 bits per heavy atom. The van der Waals surface area contributed by atoms with Gasteiger partial charge in [0.2, 0.25) is 0 Å². The molecule has 1 aromatic heterocycles. The standard InChI is InChI=1S/C11H12N6O5/c18-8-2-1-7(9(19)3-8)4-13-14-10(20)5-16-6-12-11(15-16)17(21)22/h1-4,6,18-19,21-22H,5H2,(H,14,20)/p+1. The highest BCUT2D eigenvalue weighted by molar-refractivity contribution is 5.85. The second-order valence-corrected chi connectivity index (χ2v) is 4.13. The van der Waals surface area contributed by atoms with Crippen molar-refractivity contribution in [2.45, 2.75) is 6.54 Å². The van der Waals surface area contributed by atoms with Crippen LogP contribution in [-0.2, 0) is 11.3 Å². The Morgan fingerprint density at radius 2 is 2.18 bits per heavy atom. The highest BCUT2D eigenvalue weighted by Gasteiger charge is 2.13. The van der Waals surface area contributed by atoms with Crippen LogP contribution in [0.2, 0.25) is 0 Å². The van der Waals surface area contributed by atoms with E-state index in [1.165, 1.54) is 18.3 Å². The lowest BCUT2D eigenvalue weighted by atomic mass is 10.2. The molecule has 116 valence electrons. The molecule has 2 rings (SSSR count). The van der Waals surface area contributed by atoms with E-state index in [4.69, 9.17) is 15.5 Å². The van der Waals surface area contributed by atoms with E-state index in [9.17, 15) is 9.90 Å². The molecule has 11 nitrogen and oxygen atoms in total. The van der Waals surface area contributed by atoms with Crippen molar-refractivity contribution in [3.8, 4) is 11.5 Å². The Morgan fingerprint density at radius 3 is 2.82 bits per heavy atom. The summed E-state index contributed by atoms with van der Waals surface area (Å²) < 4.78 is 1.09. The van der Waals surface area contributed by atoms with Crippen LogP contribution in [0.5, 0.6) is 11.5 Å². The molecule has 0 radical (unpaired) electrons. The number of hydrogen-bond acceptors (Lipinski definition) is 8. The van der Waals surface area contributed by atoms with Crippen LogP contribution in [0.25, 0.3) is 0 Å². The summed E-state index contributed by atoms with van der Waals surface area (Å²) in [6, 6.07) is 3.92. The van der Waals surface area contributed by atoms with E-state index >= 15 is 0 Å². The molecule has 1 heterocycles. The van der Waals surface area contributed by atoms with Gasteiger partial charge in [-0.2, -0.15) is 20.5 Å². The van der Waals surface area contributed by atoms with Crippen LogP contribution in [0.3, 0.4) is 0 Å². The first-order valence-corrected chi connectivity index (χ1v) is 5.94. The van der Waals surface area contributed by atoms with Gasteiger partial charge in [0.15, 0.2) is 0 Å². The van der Waals surface area contributed by atoms with Gasteiger partial charge in [-0.1, -0.05) is 5.10 Å². The molecule has 1 amide bonds. The molecule has 0 fully saturated rings. The molecule has 6 N–H and O–H groups in total. The molecular weight excluding hydrogens is 296 g/mol. The highest BCUT2D eigenvalue weighted by atomic mass is 16.8. The first-order valence-electron chi connectivity index (χ1n) is 5.94. The minimum Gasteiger partial charge on any atom is -0.508 e. The molecule has 0 aliphatic carbocycles. The van der Waals surface area contributed by atoms with Crippen molar-refractivity contribution in [2.75, 3.05) is 0 Å². The molecule has 0 aliphatic heterocycles. The Labute approximate surface area is 123 Å². The van der Waals surface area contributed by atoms with Crippen LogP contribution >= 0.6 is 0 Å². The van der Waals surface area contributed by atoms with E-state index in [0.29, 0.717) is 5.56 Å². The van der Waals surface area contributed by atoms with E-state index < -0.39 is 11.1 Å². The van der Waals surface area contributed by atoms with Crippen molar-refractivity contribution >= 4 is 18.1 Å². The van der Waals surface area contributed by atoms with Gasteiger partial charge in [-0.25, -0.2) is 10.1 Å². The second-order valence-electron chi connectivity index (χ2n) is 4.13. The van der Waals surface area contributed by atoms with Gasteiger partial charge in [-0.05, 0) is 12.1 Å². The number of hydrazone groups is 1. The third kappa shape index (κ3) is 3.99. The largest absolute Gasteiger partial charge is 0.508 e. The van der Waals surface area contributed by atoms with Gasteiger partial charge in [0.25, 0.3) is 5.91 Å². The topological polar surface area (TPSA) is 158 Å². The van der Waals surface area contributed by atoms with Crippen molar-refractivity contribution in [1.29, 1.82) is 0 Å². The van der Waals surface area contributed by atoms with Gasteiger partial charge in [0.1, 0.15) is 24.4 Å². The highest BCUT2D eigenvalue weighted by Crippen LogP contribution is 2.20. The zero-order valence-electron chi connectivity index (χ0n) is 11.1. The van der Waals surface area contributed by atoms with Crippen LogP contribution in [0, 0.1) is 0 Å². The molecular formula is C11H13N6O5+. The first-order chi connectivity index (χ1) is 10.5. The number of aromatic hydroxyl groups is 2. The summed E-state index contributed by atoms with van der Waals surface area (Å²) in [7, 11) is 0. The first kappa shape index (κ1) is 15.4. The number of quaternary nitrogens is 1. The Hall–Kier alpha value is -3.02. The minimum absolute atomic E-state index is 0.0930. The Balaban J connectivity index is 1.90. The number of carbonyl (C=O) groups is 1. The molecule has 1 aromatic carbocycles. The fourth-order valence-corrected chi connectivity index (χ4v) is 1.47. The number of amides is 1. The van der Waals surface area contributed by atoms with Crippen LogP contribution in [0.15, 0.2) is 29.6 Å². The number of hydrogen-bond donors (Lipinski definition) is 6. The number of phenols is 2. The van der Waals surface area contributed by atoms with Crippen LogP contribution in [0.1, 0.15) is 5.56 Å². The van der Waals surface area contributed by atoms with Gasteiger partial charge in [0.05, 0.1) is 6.21 Å². The summed E-state index contributed by atoms with van der Waals surface area (Å²) in [5.41, 5.74) is 2.50. The maximum absolute atomic E-state index is 11.6. The molecule has 0 bridgehead atoms. The molecule has 0 spiro atoms. The van der Waals surface area contributed by atoms with E-state index in [1.54, 1.807) is 0 Å². The molecule has 2 aromatic rings. The number of carbonyl (C=O) groups excluding carboxylic acids is 1. The van der Waals surface area contributed by atoms with Crippen molar-refractivity contribution in [2.24, 2.45) is 5.10 Å². The normalized spacial score (nSPS) is 11.2. The number of aromatic nitrogens is 3. The Kier molecular flexibility index (Phi) is 4.63. The lowest BCUT2D eigenvalue weighted by Crippen LogP contribution is -3.02. The number of nitrogens with one attached hydrogen (secondary N) is 2. The fraction of sp³-hybridized carbons (Fsp3) is 0.0909. The van der Waals surface area contributed by atoms with Crippen molar-refractivity contribution in [3.63, 3.8) is 0 Å². The van der Waals surface area contributed by atoms with Gasteiger partial charge in [-0.15, -0.1) is 0 Å². The zero-order chi connectivity index (χ0) is 16.1. The van der Waals surface area contributed by atoms with E-state index in [1.807, 2.05) is 0 Å². The monoisotopic (exact) mass is 309 g/mol. The van der Waals surface area contributed by atoms with Crippen LogP contribution < -0.4 is 10.7 Å². The third-order valence-electron chi connectivity index (χ3n) is 2.45. The number of nitrogens with zero attached hydrogens (tertiary/aromatic N) is 4. The molecule has 0 aliphatic rings. The average Bonchev–Trinajstić information content (AvgIpc) is 2.90. The average molecular weight is 309 g/mol. The van der Waals surface area contributed by atoms with Crippen molar-refractivity contribution in [3.05, 3.63) is 30.1 Å². The van der Waals surface area contributed by atoms with Crippen molar-refractivity contribution < 1.29 is 30.6 Å². The number of benzene rings is 1. The molecule has 0 atom stereocenters. The predicted octanol–water partition coefficient (Wildman–Crippen LogP) is -1.87. The van der Waals surface area contributed by atoms with Crippen molar-refractivity contribution in [1.82, 2.24) is 20.2 Å². The summed E-state index contributed by atoms with van der Waals surface area (Å²) in [5, 5.41) is 42.4. The lowest BCUT2D eigenvalue weighted by molar-refractivity contribution is -1.20. The Bertz CT molecular complexity index is 698. The van der Waals surface area contributed by atoms with E-state index in [0.717, 1.165) is 17.1 Å². The molecule has 0 unspecified atom stereocenters. The van der Waals surface area contributed by atoms with Gasteiger partial charge < -0.3 is 10.2 Å². The summed E-state index contributed by atoms with van der Waals surface area (Å²) in [5.74, 6) is -1.12. The molecule has 0 saturated carbocycles. The molecule has 0 saturated heterocycles. The summed E-state index contributed by atoms with van der Waals surface area (Å²) in [4.78, 5) is 15.1. The predicted molar refractivity (Wildman–Crippen MR) is 69.7 cm³/mol. The smallest absolute Gasteiger partial charge is 0.413 e. The van der Waals surface area contributed by atoms with Crippen LogP contribution in [-0.4, -0.2) is 47.5 Å². The summed E-state index contributed by atoms with van der Waals surface area (Å²) >= 11 is 0. The van der Waals surface area contributed by atoms with Gasteiger partial charge in [-0.3, -0.25) is 4.79 Å². The van der Waals surface area contributed by atoms with Gasteiger partial charge >= 0.3 is 5.95 Å². The maximum atomic E-state index is 11.6. The molecule has 22 heavy (non-hydrogen) atoms. The lowest BCUT2D eigenvalue weighted by Gasteiger charge is -2.01. The van der Waals surface area contributed by atoms with Crippen LogP contribution in [0.4, 0.5) is 5.95 Å². The summed E-state index contributed by atoms with van der Waals surface area (Å²) in [6.45, 7) is -0.237. The second kappa shape index (κ2) is 6.62. The quantitative estimate of drug-likeness (QED) is 0.279. The minimum atomic E-state index is -1.04. The maximum Gasteiger partial charge on any atom is 0.413 e. The van der Waals surface area contributed by atoms with E-state index in [2.05, 4.69) is 20.6 Å². The number of rotatable bonds is 5. The van der Waals surface area contributed by atoms with E-state index in [-0.39, 0.29) is 24.0 Å². The zero-order valence-corrected chi connectivity index (χ0v) is 11.1. The summed E-state index contributed by atoms with van der Waals surface area (Å²) in [6.07, 6.45) is 2.35. The third-order valence-corrected chi connectivity index (χ3v) is 2.45.